The van der Waals surface area contributed by atoms with Gasteiger partial charge in [-0.25, -0.2) is 28.8 Å². The highest BCUT2D eigenvalue weighted by Crippen LogP contribution is 2.40. The van der Waals surface area contributed by atoms with Crippen molar-refractivity contribution in [1.29, 1.82) is 0 Å². The number of nitrogens with zero attached hydrogens (tertiary/aromatic N) is 6. The molecule has 6 rings (SSSR count). The fourth-order valence-corrected chi connectivity index (χ4v) is 5.31. The van der Waals surface area contributed by atoms with E-state index in [2.05, 4.69) is 45.9 Å². The summed E-state index contributed by atoms with van der Waals surface area (Å²) in [5, 5.41) is 17.2. The number of aromatic amines is 3. The lowest BCUT2D eigenvalue weighted by Crippen LogP contribution is -2.50. The van der Waals surface area contributed by atoms with E-state index in [0.717, 1.165) is 17.5 Å². The zero-order valence-electron chi connectivity index (χ0n) is 23.2. The third-order valence-electron chi connectivity index (χ3n) is 7.72. The lowest BCUT2D eigenvalue weighted by molar-refractivity contribution is -0.148. The van der Waals surface area contributed by atoms with Gasteiger partial charge in [0.1, 0.15) is 16.9 Å². The van der Waals surface area contributed by atoms with Gasteiger partial charge in [0.2, 0.25) is 0 Å². The number of carbonyl (C=O) groups excluding carboxylic acids is 1. The van der Waals surface area contributed by atoms with E-state index in [4.69, 9.17) is 9.72 Å². The van der Waals surface area contributed by atoms with Crippen LogP contribution in [0.4, 0.5) is 16.0 Å². The normalized spacial score (nSPS) is 19.6. The summed E-state index contributed by atoms with van der Waals surface area (Å²) >= 11 is 0. The first-order valence-electron chi connectivity index (χ1n) is 13.5. The number of H-pyrrole nitrogens is 3. The Hall–Kier alpha value is -4.92. The molecule has 5 aromatic rings. The van der Waals surface area contributed by atoms with E-state index in [9.17, 15) is 14.0 Å². The van der Waals surface area contributed by atoms with Gasteiger partial charge in [0.25, 0.3) is 5.91 Å². The maximum absolute atomic E-state index is 13.5. The lowest BCUT2D eigenvalue weighted by atomic mass is 9.77. The van der Waals surface area contributed by atoms with Crippen LogP contribution in [0.25, 0.3) is 17.0 Å². The average Bonchev–Trinajstić information content (AvgIpc) is 3.72. The molecule has 0 unspecified atom stereocenters. The van der Waals surface area contributed by atoms with Gasteiger partial charge in [0.15, 0.2) is 28.9 Å². The average molecular weight is 576 g/mol. The molecule has 15 heteroatoms. The van der Waals surface area contributed by atoms with Crippen LogP contribution in [-0.4, -0.2) is 63.5 Å². The van der Waals surface area contributed by atoms with Crippen molar-refractivity contribution < 1.29 is 13.9 Å². The predicted molar refractivity (Wildman–Crippen MR) is 150 cm³/mol. The largest absolute Gasteiger partial charge is 0.368 e. The first-order chi connectivity index (χ1) is 20.2. The van der Waals surface area contributed by atoms with Crippen molar-refractivity contribution in [2.75, 3.05) is 12.4 Å². The van der Waals surface area contributed by atoms with Crippen LogP contribution in [0.15, 0.2) is 41.6 Å². The van der Waals surface area contributed by atoms with Crippen LogP contribution in [0.3, 0.4) is 0 Å². The predicted octanol–water partition coefficient (Wildman–Crippen LogP) is 3.06. The van der Waals surface area contributed by atoms with Crippen LogP contribution in [0.5, 0.6) is 0 Å². The lowest BCUT2D eigenvalue weighted by Gasteiger charge is -2.38. The van der Waals surface area contributed by atoms with Gasteiger partial charge in [0.05, 0.1) is 18.4 Å². The molecule has 14 nitrogen and oxygen atoms in total. The Bertz CT molecular complexity index is 1780. The summed E-state index contributed by atoms with van der Waals surface area (Å²) in [4.78, 5) is 44.7. The minimum atomic E-state index is -1.01. The number of halogens is 1. The molecule has 1 fully saturated rings. The molecule has 0 spiro atoms. The molecule has 1 saturated carbocycles. The molecule has 42 heavy (non-hydrogen) atoms. The molecule has 5 heterocycles. The third kappa shape index (κ3) is 5.25. The summed E-state index contributed by atoms with van der Waals surface area (Å²) in [6.45, 7) is 3.75. The van der Waals surface area contributed by atoms with Crippen molar-refractivity contribution in [2.24, 2.45) is 0 Å². The Morgan fingerprint density at radius 3 is 2.67 bits per heavy atom. The Kier molecular flexibility index (Phi) is 7.02. The molecular weight excluding hydrogens is 545 g/mol. The third-order valence-corrected chi connectivity index (χ3v) is 7.72. The van der Waals surface area contributed by atoms with E-state index in [1.54, 1.807) is 19.4 Å². The van der Waals surface area contributed by atoms with Gasteiger partial charge < -0.3 is 20.4 Å². The highest BCUT2D eigenvalue weighted by molar-refractivity contribution is 5.86. The van der Waals surface area contributed by atoms with E-state index in [0.29, 0.717) is 60.1 Å². The van der Waals surface area contributed by atoms with Crippen molar-refractivity contribution in [3.63, 3.8) is 0 Å². The minimum Gasteiger partial charge on any atom is -0.368 e. The molecule has 0 radical (unpaired) electrons. The molecule has 1 atom stereocenters. The van der Waals surface area contributed by atoms with Gasteiger partial charge in [0, 0.05) is 31.0 Å². The number of aromatic nitrogens is 9. The first-order valence-corrected chi connectivity index (χ1v) is 13.5. The minimum absolute atomic E-state index is 0.0494. The number of anilines is 2. The number of hydrogen-bond acceptors (Lipinski definition) is 9. The van der Waals surface area contributed by atoms with E-state index >= 15 is 0 Å². The fourth-order valence-electron chi connectivity index (χ4n) is 5.31. The quantitative estimate of drug-likeness (QED) is 0.185. The highest BCUT2D eigenvalue weighted by atomic mass is 19.1. The van der Waals surface area contributed by atoms with Crippen molar-refractivity contribution in [3.8, 4) is 5.82 Å². The topological polar surface area (TPSA) is 184 Å². The van der Waals surface area contributed by atoms with Crippen LogP contribution in [0.1, 0.15) is 61.6 Å². The van der Waals surface area contributed by atoms with Crippen LogP contribution in [0.2, 0.25) is 0 Å². The number of pyridine rings is 1. The molecule has 0 saturated heterocycles. The SMILES string of the molecule is COC1(C(=O)N[C@@H](C)c2ccc(-n3cc(F)cn3)nc2)CCC(c2nc(Nc3cc(C)[nH]n3)c3[nH]c(=O)[nH]c3n2)CC1. The number of imidazole rings is 1. The molecule has 5 N–H and O–H groups in total. The maximum atomic E-state index is 13.5. The second kappa shape index (κ2) is 10.8. The summed E-state index contributed by atoms with van der Waals surface area (Å²) in [6, 6.07) is 5.02. The van der Waals surface area contributed by atoms with Gasteiger partial charge in [-0.2, -0.15) is 10.2 Å². The molecule has 1 aliphatic rings. The summed E-state index contributed by atoms with van der Waals surface area (Å²) in [5.74, 6) is 1.32. The zero-order chi connectivity index (χ0) is 29.4. The van der Waals surface area contributed by atoms with Crippen LogP contribution in [0, 0.1) is 12.7 Å². The number of fused-ring (bicyclic) bond motifs is 1. The molecular formula is C27H30FN11O3. The zero-order valence-corrected chi connectivity index (χ0v) is 23.2. The standard InChI is InChI=1S/C27H30FN11O3/c1-14-10-19(38-37-14)32-23-21-24(36-26(41)33-21)35-22(34-23)16-6-8-27(42-3,9-7-16)25(40)31-15(2)17-4-5-20(29-11-17)39-13-18(28)12-30-39/h4-5,10-13,15-16H,6-9H2,1-3H3,(H,31,40)(H4,32,33,34,35,36,37,38,41)/t15-,16?,27?/m0/s1. The van der Waals surface area contributed by atoms with Gasteiger partial charge in [-0.15, -0.1) is 0 Å². The second-order valence-corrected chi connectivity index (χ2v) is 10.5. The summed E-state index contributed by atoms with van der Waals surface area (Å²) in [7, 11) is 1.55. The molecule has 1 amide bonds. The molecule has 0 bridgehead atoms. The Morgan fingerprint density at radius 1 is 1.21 bits per heavy atom. The van der Waals surface area contributed by atoms with Crippen LogP contribution < -0.4 is 16.3 Å². The van der Waals surface area contributed by atoms with Crippen molar-refractivity contribution in [1.82, 2.24) is 50.2 Å². The number of methoxy groups -OCH3 is 1. The van der Waals surface area contributed by atoms with Gasteiger partial charge in [-0.3, -0.25) is 14.9 Å². The van der Waals surface area contributed by atoms with Crippen molar-refractivity contribution in [3.05, 3.63) is 70.2 Å². The number of amides is 1. The Balaban J connectivity index is 1.15. The van der Waals surface area contributed by atoms with Crippen molar-refractivity contribution >= 4 is 28.7 Å². The first kappa shape index (κ1) is 27.3. The van der Waals surface area contributed by atoms with E-state index < -0.39 is 11.4 Å². The van der Waals surface area contributed by atoms with Crippen LogP contribution in [-0.2, 0) is 9.53 Å². The Labute approximate surface area is 238 Å². The van der Waals surface area contributed by atoms with Gasteiger partial charge in [-0.1, -0.05) is 6.07 Å². The number of aryl methyl sites for hydroxylation is 1. The number of rotatable bonds is 8. The summed E-state index contributed by atoms with van der Waals surface area (Å²) < 4.78 is 20.5. The second-order valence-electron chi connectivity index (χ2n) is 10.5. The van der Waals surface area contributed by atoms with E-state index in [-0.39, 0.29) is 23.6 Å². The molecule has 0 aliphatic heterocycles. The number of hydrogen-bond donors (Lipinski definition) is 5. The fraction of sp³-hybridized carbons (Fsp3) is 0.370. The summed E-state index contributed by atoms with van der Waals surface area (Å²) in [5.41, 5.74) is 1.12. The number of nitrogens with one attached hydrogen (secondary N) is 5. The molecule has 5 aromatic heterocycles. The van der Waals surface area contributed by atoms with Gasteiger partial charge >= 0.3 is 5.69 Å². The molecule has 1 aliphatic carbocycles. The molecule has 218 valence electrons. The smallest absolute Gasteiger partial charge is 0.325 e. The van der Waals surface area contributed by atoms with E-state index in [1.165, 1.54) is 10.9 Å². The maximum Gasteiger partial charge on any atom is 0.325 e. The van der Waals surface area contributed by atoms with Crippen LogP contribution >= 0.6 is 0 Å². The number of ether oxygens (including phenoxy) is 1. The monoisotopic (exact) mass is 575 g/mol. The van der Waals surface area contributed by atoms with Gasteiger partial charge in [-0.05, 0) is 51.2 Å². The molecule has 0 aromatic carbocycles. The van der Waals surface area contributed by atoms with Crippen molar-refractivity contribution in [2.45, 2.75) is 57.1 Å². The Morgan fingerprint density at radius 2 is 2.02 bits per heavy atom. The highest BCUT2D eigenvalue weighted by Gasteiger charge is 2.43. The summed E-state index contributed by atoms with van der Waals surface area (Å²) in [6.07, 6.45) is 6.11. The van der Waals surface area contributed by atoms with E-state index in [1.807, 2.05) is 26.0 Å². The number of carbonyl (C=O) groups is 1.